The molecule has 2 aliphatic rings. The van der Waals surface area contributed by atoms with Crippen molar-refractivity contribution in [3.63, 3.8) is 0 Å². The van der Waals surface area contributed by atoms with E-state index in [0.29, 0.717) is 30.0 Å². The average Bonchev–Trinajstić information content (AvgIpc) is 3.57. The zero-order chi connectivity index (χ0) is 24.9. The predicted octanol–water partition coefficient (Wildman–Crippen LogP) is 2.81. The van der Waals surface area contributed by atoms with E-state index in [0.717, 1.165) is 24.1 Å². The fourth-order valence-electron chi connectivity index (χ4n) is 4.96. The van der Waals surface area contributed by atoms with Crippen LogP contribution in [0.2, 0.25) is 6.82 Å². The van der Waals surface area contributed by atoms with E-state index in [1.54, 1.807) is 43.1 Å². The van der Waals surface area contributed by atoms with Crippen LogP contribution in [0.4, 0.5) is 5.69 Å². The maximum atomic E-state index is 13.7. The van der Waals surface area contributed by atoms with E-state index in [2.05, 4.69) is 5.10 Å². The van der Waals surface area contributed by atoms with Gasteiger partial charge in [0.15, 0.2) is 5.69 Å². The lowest BCUT2D eigenvalue weighted by molar-refractivity contribution is 0.0688. The van der Waals surface area contributed by atoms with Crippen LogP contribution in [-0.4, -0.2) is 64.4 Å². The molecule has 9 nitrogen and oxygen atoms in total. The minimum Gasteiger partial charge on any atom is -0.497 e. The molecule has 1 saturated carbocycles. The Morgan fingerprint density at radius 2 is 1.74 bits per heavy atom. The number of carbonyl (C=O) groups excluding carboxylic acids is 1. The molecule has 2 heterocycles. The maximum absolute atomic E-state index is 13.7. The van der Waals surface area contributed by atoms with Crippen LogP contribution in [-0.2, 0) is 12.0 Å². The molecule has 0 bridgehead atoms. The van der Waals surface area contributed by atoms with Crippen LogP contribution >= 0.6 is 0 Å². The Balaban J connectivity index is 1.49. The third-order valence-corrected chi connectivity index (χ3v) is 7.21. The standard InChI is InChI=1S/C25H27BN4O5/c1-26(34)28(2)25(13-14-25)16-4-6-17(7-5-16)29-15-12-20-21(24(32)33)27-30(22(20)23(29)31)18-8-10-19(35-3)11-9-18/h4-11,34H,12-15H2,1-3H3,(H,32,33). The zero-order valence-electron chi connectivity index (χ0n) is 19.9. The quantitative estimate of drug-likeness (QED) is 0.507. The molecule has 0 spiro atoms. The molecule has 5 rings (SSSR count). The second kappa shape index (κ2) is 8.55. The fraction of sp³-hybridized carbons (Fsp3) is 0.320. The molecular formula is C25H27BN4O5. The van der Waals surface area contributed by atoms with Crippen molar-refractivity contribution in [2.75, 3.05) is 25.6 Å². The van der Waals surface area contributed by atoms with Gasteiger partial charge in [-0.15, -0.1) is 0 Å². The van der Waals surface area contributed by atoms with Gasteiger partial charge in [-0.25, -0.2) is 9.48 Å². The van der Waals surface area contributed by atoms with Gasteiger partial charge in [0, 0.05) is 23.3 Å². The Hall–Kier alpha value is -3.63. The Morgan fingerprint density at radius 3 is 2.29 bits per heavy atom. The lowest BCUT2D eigenvalue weighted by atomic mass is 9.81. The minimum atomic E-state index is -1.16. The topological polar surface area (TPSA) is 108 Å². The fourth-order valence-corrected chi connectivity index (χ4v) is 4.96. The molecule has 0 atom stereocenters. The molecule has 2 aromatic carbocycles. The van der Waals surface area contributed by atoms with Crippen LogP contribution in [0.5, 0.6) is 5.75 Å². The normalized spacial score (nSPS) is 16.3. The van der Waals surface area contributed by atoms with Crippen LogP contribution in [0.25, 0.3) is 5.69 Å². The van der Waals surface area contributed by atoms with E-state index in [1.807, 2.05) is 36.1 Å². The van der Waals surface area contributed by atoms with Crippen molar-refractivity contribution in [2.45, 2.75) is 31.6 Å². The number of anilines is 1. The van der Waals surface area contributed by atoms with E-state index < -0.39 is 13.0 Å². The summed E-state index contributed by atoms with van der Waals surface area (Å²) in [5.74, 6) is -0.802. The molecule has 0 radical (unpaired) electrons. The van der Waals surface area contributed by atoms with Crippen LogP contribution in [0, 0.1) is 0 Å². The smallest absolute Gasteiger partial charge is 0.376 e. The van der Waals surface area contributed by atoms with Crippen molar-refractivity contribution in [3.05, 3.63) is 71.0 Å². The summed E-state index contributed by atoms with van der Waals surface area (Å²) in [6.45, 7) is 2.12. The van der Waals surface area contributed by atoms with Gasteiger partial charge >= 0.3 is 13.0 Å². The molecule has 35 heavy (non-hydrogen) atoms. The first kappa shape index (κ1) is 23.1. The van der Waals surface area contributed by atoms with E-state index in [4.69, 9.17) is 4.74 Å². The number of hydrogen-bond donors (Lipinski definition) is 2. The highest BCUT2D eigenvalue weighted by Gasteiger charge is 2.49. The van der Waals surface area contributed by atoms with Gasteiger partial charge in [0.2, 0.25) is 0 Å². The Kier molecular flexibility index (Phi) is 5.65. The molecular weight excluding hydrogens is 447 g/mol. The third-order valence-electron chi connectivity index (χ3n) is 7.21. The van der Waals surface area contributed by atoms with Gasteiger partial charge in [0.05, 0.1) is 12.8 Å². The number of nitrogens with zero attached hydrogens (tertiary/aromatic N) is 4. The first-order valence-electron chi connectivity index (χ1n) is 11.6. The number of aromatic nitrogens is 2. The molecule has 0 unspecified atom stereocenters. The lowest BCUT2D eigenvalue weighted by Gasteiger charge is -2.31. The number of benzene rings is 2. The number of carboxylic acid groups (broad SMARTS) is 1. The second-order valence-corrected chi connectivity index (χ2v) is 9.12. The molecule has 1 fully saturated rings. The van der Waals surface area contributed by atoms with E-state index in [-0.39, 0.29) is 22.8 Å². The summed E-state index contributed by atoms with van der Waals surface area (Å²) >= 11 is 0. The third kappa shape index (κ3) is 3.79. The molecule has 0 saturated heterocycles. The number of aromatic carboxylic acids is 1. The largest absolute Gasteiger partial charge is 0.497 e. The summed E-state index contributed by atoms with van der Waals surface area (Å²) in [6.07, 6.45) is 2.33. The summed E-state index contributed by atoms with van der Waals surface area (Å²) in [5.41, 5.74) is 2.85. The molecule has 2 N–H and O–H groups in total. The SMILES string of the molecule is COc1ccc(-n2nc(C(=O)O)c3c2C(=O)N(c2ccc(C4(N(C)B(C)O)CC4)cc2)CC3)cc1. The Morgan fingerprint density at radius 1 is 1.11 bits per heavy atom. The maximum Gasteiger partial charge on any atom is 0.376 e. The average molecular weight is 474 g/mol. The highest BCUT2D eigenvalue weighted by molar-refractivity contribution is 6.45. The van der Waals surface area contributed by atoms with Crippen molar-refractivity contribution in [1.29, 1.82) is 0 Å². The second-order valence-electron chi connectivity index (χ2n) is 9.12. The van der Waals surface area contributed by atoms with Gasteiger partial charge in [0.1, 0.15) is 11.4 Å². The minimum absolute atomic E-state index is 0.101. The Labute approximate surface area is 203 Å². The summed E-state index contributed by atoms with van der Waals surface area (Å²) in [4.78, 5) is 29.2. The van der Waals surface area contributed by atoms with Crippen molar-refractivity contribution >= 4 is 24.6 Å². The van der Waals surface area contributed by atoms with Gasteiger partial charge in [-0.1, -0.05) is 12.1 Å². The molecule has 1 amide bonds. The molecule has 10 heteroatoms. The summed E-state index contributed by atoms with van der Waals surface area (Å²) in [7, 11) is 2.93. The van der Waals surface area contributed by atoms with Crippen LogP contribution in [0.3, 0.4) is 0 Å². The first-order valence-corrected chi connectivity index (χ1v) is 11.6. The number of rotatable bonds is 7. The predicted molar refractivity (Wildman–Crippen MR) is 131 cm³/mol. The van der Waals surface area contributed by atoms with Crippen LogP contribution < -0.4 is 9.64 Å². The summed E-state index contributed by atoms with van der Waals surface area (Å²) in [6, 6.07) is 14.8. The van der Waals surface area contributed by atoms with Gasteiger partial charge in [0.25, 0.3) is 5.91 Å². The number of amides is 1. The number of carboxylic acids is 1. The highest BCUT2D eigenvalue weighted by Crippen LogP contribution is 2.50. The van der Waals surface area contributed by atoms with Crippen molar-refractivity contribution in [2.24, 2.45) is 0 Å². The lowest BCUT2D eigenvalue weighted by Crippen LogP contribution is -2.42. The number of ether oxygens (including phenoxy) is 1. The molecule has 1 aliphatic carbocycles. The molecule has 180 valence electrons. The number of methoxy groups -OCH3 is 1. The van der Waals surface area contributed by atoms with Gasteiger partial charge in [-0.2, -0.15) is 5.10 Å². The van der Waals surface area contributed by atoms with Crippen molar-refractivity contribution in [1.82, 2.24) is 14.6 Å². The first-order chi connectivity index (χ1) is 16.8. The van der Waals surface area contributed by atoms with Gasteiger partial charge in [-0.05, 0) is 75.1 Å². The summed E-state index contributed by atoms with van der Waals surface area (Å²) in [5, 5.41) is 24.0. The zero-order valence-corrected chi connectivity index (χ0v) is 19.9. The van der Waals surface area contributed by atoms with E-state index >= 15 is 0 Å². The molecule has 1 aliphatic heterocycles. The monoisotopic (exact) mass is 474 g/mol. The van der Waals surface area contributed by atoms with Gasteiger partial charge < -0.3 is 24.6 Å². The van der Waals surface area contributed by atoms with E-state index in [9.17, 15) is 19.7 Å². The highest BCUT2D eigenvalue weighted by atomic mass is 16.5. The summed E-state index contributed by atoms with van der Waals surface area (Å²) < 4.78 is 6.62. The Bertz CT molecular complexity index is 1280. The molecule has 3 aromatic rings. The number of hydrogen-bond acceptors (Lipinski definition) is 6. The van der Waals surface area contributed by atoms with Crippen molar-refractivity contribution < 1.29 is 24.5 Å². The van der Waals surface area contributed by atoms with Crippen LogP contribution in [0.1, 0.15) is 44.9 Å². The number of carbonyl (C=O) groups is 2. The van der Waals surface area contributed by atoms with E-state index in [1.165, 1.54) is 4.68 Å². The van der Waals surface area contributed by atoms with Crippen molar-refractivity contribution in [3.8, 4) is 11.4 Å². The number of fused-ring (bicyclic) bond motifs is 1. The molecule has 1 aromatic heterocycles. The van der Waals surface area contributed by atoms with Gasteiger partial charge in [-0.3, -0.25) is 4.79 Å². The van der Waals surface area contributed by atoms with Crippen LogP contribution in [0.15, 0.2) is 48.5 Å².